The maximum atomic E-state index is 11.1. The fourth-order valence-electron chi connectivity index (χ4n) is 4.29. The zero-order chi connectivity index (χ0) is 21.0. The van der Waals surface area contributed by atoms with Crippen molar-refractivity contribution in [3.05, 3.63) is 89.2 Å². The number of hydrogen-bond donors (Lipinski definition) is 1. The van der Waals surface area contributed by atoms with E-state index in [0.717, 1.165) is 38.0 Å². The first-order valence-corrected chi connectivity index (χ1v) is 10.5. The third-order valence-corrected chi connectivity index (χ3v) is 6.05. The van der Waals surface area contributed by atoms with Crippen LogP contribution >= 0.6 is 0 Å². The van der Waals surface area contributed by atoms with Crippen LogP contribution in [0.1, 0.15) is 35.1 Å². The van der Waals surface area contributed by atoms with Crippen molar-refractivity contribution in [3.8, 4) is 17.2 Å². The van der Waals surface area contributed by atoms with Crippen LogP contribution in [0.2, 0.25) is 0 Å². The Kier molecular flexibility index (Phi) is 5.94. The number of aromatic nitrogens is 1. The summed E-state index contributed by atoms with van der Waals surface area (Å²) in [5.41, 5.74) is 6.09. The molecule has 1 aliphatic rings. The van der Waals surface area contributed by atoms with Gasteiger partial charge in [-0.15, -0.1) is 0 Å². The van der Waals surface area contributed by atoms with E-state index in [1.54, 1.807) is 0 Å². The van der Waals surface area contributed by atoms with Crippen molar-refractivity contribution in [3.63, 3.8) is 0 Å². The molecule has 152 valence electrons. The van der Waals surface area contributed by atoms with Crippen molar-refractivity contribution in [1.82, 2.24) is 9.88 Å². The van der Waals surface area contributed by atoms with Gasteiger partial charge in [0.2, 0.25) is 0 Å². The summed E-state index contributed by atoms with van der Waals surface area (Å²) >= 11 is 0. The van der Waals surface area contributed by atoms with Gasteiger partial charge >= 0.3 is 0 Å². The Morgan fingerprint density at radius 2 is 1.73 bits per heavy atom. The number of aliphatic hydroxyl groups is 1. The summed E-state index contributed by atoms with van der Waals surface area (Å²) in [5, 5.41) is 20.1. The molecule has 2 heterocycles. The van der Waals surface area contributed by atoms with Crippen LogP contribution in [0, 0.1) is 18.3 Å². The second kappa shape index (κ2) is 8.79. The number of nitrogens with zero attached hydrogens (tertiary/aromatic N) is 3. The minimum Gasteiger partial charge on any atom is -0.389 e. The van der Waals surface area contributed by atoms with E-state index in [0.29, 0.717) is 12.0 Å². The van der Waals surface area contributed by atoms with Gasteiger partial charge in [0.25, 0.3) is 0 Å². The van der Waals surface area contributed by atoms with Crippen molar-refractivity contribution in [1.29, 1.82) is 5.26 Å². The first-order valence-electron chi connectivity index (χ1n) is 10.5. The highest BCUT2D eigenvalue weighted by atomic mass is 16.3. The molecular formula is C26H27N3O. The van der Waals surface area contributed by atoms with Gasteiger partial charge in [0.05, 0.1) is 17.2 Å². The maximum absolute atomic E-state index is 11.1. The lowest BCUT2D eigenvalue weighted by Crippen LogP contribution is -2.45. The number of likely N-dealkylation sites (tertiary alicyclic amines) is 1. The Balaban J connectivity index is 1.42. The molecule has 1 aromatic heterocycles. The van der Waals surface area contributed by atoms with Gasteiger partial charge in [-0.2, -0.15) is 5.26 Å². The molecule has 4 heteroatoms. The largest absolute Gasteiger partial charge is 0.389 e. The van der Waals surface area contributed by atoms with Gasteiger partial charge in [0.1, 0.15) is 0 Å². The molecule has 1 fully saturated rings. The molecule has 30 heavy (non-hydrogen) atoms. The van der Waals surface area contributed by atoms with Crippen molar-refractivity contribution in [2.75, 3.05) is 13.1 Å². The number of benzene rings is 2. The zero-order valence-electron chi connectivity index (χ0n) is 17.4. The molecule has 1 aliphatic heterocycles. The molecule has 0 spiro atoms. The van der Waals surface area contributed by atoms with E-state index in [-0.39, 0.29) is 0 Å². The number of nitriles is 1. The summed E-state index contributed by atoms with van der Waals surface area (Å²) in [6, 6.07) is 20.4. The SMILES string of the molecule is Cc1ccc(-c2ccncc2)c(CN2CCC(O)(Cc3ccc(C#N)cc3)CC2)c1. The Morgan fingerprint density at radius 3 is 2.40 bits per heavy atom. The molecule has 3 aromatic rings. The second-order valence-corrected chi connectivity index (χ2v) is 8.38. The molecule has 0 saturated carbocycles. The number of piperidine rings is 1. The number of hydrogen-bond acceptors (Lipinski definition) is 4. The number of rotatable bonds is 5. The van der Waals surface area contributed by atoms with Gasteiger partial charge in [-0.1, -0.05) is 35.9 Å². The van der Waals surface area contributed by atoms with Crippen LogP contribution < -0.4 is 0 Å². The molecule has 1 N–H and O–H groups in total. The lowest BCUT2D eigenvalue weighted by atomic mass is 9.85. The third kappa shape index (κ3) is 4.76. The van der Waals surface area contributed by atoms with Crippen molar-refractivity contribution < 1.29 is 5.11 Å². The van der Waals surface area contributed by atoms with Crippen LogP contribution in [0.5, 0.6) is 0 Å². The molecule has 0 bridgehead atoms. The van der Waals surface area contributed by atoms with Crippen LogP contribution in [0.3, 0.4) is 0 Å². The average Bonchev–Trinajstić information content (AvgIpc) is 2.77. The van der Waals surface area contributed by atoms with E-state index >= 15 is 0 Å². The Hall–Kier alpha value is -3.00. The lowest BCUT2D eigenvalue weighted by Gasteiger charge is -2.38. The molecule has 0 unspecified atom stereocenters. The smallest absolute Gasteiger partial charge is 0.0991 e. The monoisotopic (exact) mass is 397 g/mol. The van der Waals surface area contributed by atoms with E-state index in [1.165, 1.54) is 22.3 Å². The maximum Gasteiger partial charge on any atom is 0.0991 e. The predicted molar refractivity (Wildman–Crippen MR) is 119 cm³/mol. The fraction of sp³-hybridized carbons (Fsp3) is 0.308. The molecule has 0 amide bonds. The van der Waals surface area contributed by atoms with E-state index in [4.69, 9.17) is 5.26 Å². The zero-order valence-corrected chi connectivity index (χ0v) is 17.4. The average molecular weight is 398 g/mol. The third-order valence-electron chi connectivity index (χ3n) is 6.05. The Morgan fingerprint density at radius 1 is 1.03 bits per heavy atom. The summed E-state index contributed by atoms with van der Waals surface area (Å²) in [5.74, 6) is 0. The van der Waals surface area contributed by atoms with E-state index in [1.807, 2.05) is 36.7 Å². The van der Waals surface area contributed by atoms with Gasteiger partial charge in [-0.05, 0) is 66.3 Å². The summed E-state index contributed by atoms with van der Waals surface area (Å²) in [7, 11) is 0. The normalized spacial score (nSPS) is 16.2. The summed E-state index contributed by atoms with van der Waals surface area (Å²) < 4.78 is 0. The van der Waals surface area contributed by atoms with Crippen molar-refractivity contribution >= 4 is 0 Å². The Labute approximate surface area is 178 Å². The van der Waals surface area contributed by atoms with Crippen molar-refractivity contribution in [2.24, 2.45) is 0 Å². The van der Waals surface area contributed by atoms with Crippen LogP contribution in [-0.2, 0) is 13.0 Å². The standard InChI is InChI=1S/C26H27N3O/c1-20-2-7-25(23-8-12-28-13-9-23)24(16-20)19-29-14-10-26(30,11-15-29)17-21-3-5-22(18-27)6-4-21/h2-9,12-13,16,30H,10-11,14-15,17,19H2,1H3. The first kappa shape index (κ1) is 20.3. The van der Waals surface area contributed by atoms with Gasteiger partial charge in [0, 0.05) is 38.4 Å². The fourth-order valence-corrected chi connectivity index (χ4v) is 4.29. The van der Waals surface area contributed by atoms with Crippen LogP contribution in [0.25, 0.3) is 11.1 Å². The minimum atomic E-state index is -0.675. The highest BCUT2D eigenvalue weighted by Gasteiger charge is 2.32. The highest BCUT2D eigenvalue weighted by molar-refractivity contribution is 5.67. The van der Waals surface area contributed by atoms with Gasteiger partial charge in [-0.25, -0.2) is 0 Å². The van der Waals surface area contributed by atoms with Crippen LogP contribution in [0.4, 0.5) is 0 Å². The quantitative estimate of drug-likeness (QED) is 0.689. The summed E-state index contributed by atoms with van der Waals surface area (Å²) in [4.78, 5) is 6.58. The predicted octanol–water partition coefficient (Wildman–Crippen LogP) is 4.50. The Bertz CT molecular complexity index is 1030. The molecule has 0 aliphatic carbocycles. The molecule has 2 aromatic carbocycles. The molecule has 4 rings (SSSR count). The first-order chi connectivity index (χ1) is 14.5. The topological polar surface area (TPSA) is 60.1 Å². The van der Waals surface area contributed by atoms with E-state index in [2.05, 4.69) is 53.2 Å². The lowest BCUT2D eigenvalue weighted by molar-refractivity contribution is -0.0224. The van der Waals surface area contributed by atoms with E-state index in [9.17, 15) is 5.11 Å². The molecule has 0 atom stereocenters. The van der Waals surface area contributed by atoms with Gasteiger partial charge < -0.3 is 5.11 Å². The molecule has 0 radical (unpaired) electrons. The van der Waals surface area contributed by atoms with Gasteiger partial charge in [-0.3, -0.25) is 9.88 Å². The minimum absolute atomic E-state index is 0.638. The van der Waals surface area contributed by atoms with Gasteiger partial charge in [0.15, 0.2) is 0 Å². The summed E-state index contributed by atoms with van der Waals surface area (Å²) in [6.45, 7) is 4.76. The molecule has 4 nitrogen and oxygen atoms in total. The van der Waals surface area contributed by atoms with Crippen molar-refractivity contribution in [2.45, 2.75) is 38.3 Å². The number of pyridine rings is 1. The van der Waals surface area contributed by atoms with Crippen LogP contribution in [-0.4, -0.2) is 33.7 Å². The number of aryl methyl sites for hydroxylation is 1. The second-order valence-electron chi connectivity index (χ2n) is 8.38. The molecule has 1 saturated heterocycles. The summed E-state index contributed by atoms with van der Waals surface area (Å²) in [6.07, 6.45) is 5.82. The molecular weight excluding hydrogens is 370 g/mol. The van der Waals surface area contributed by atoms with E-state index < -0.39 is 5.60 Å². The van der Waals surface area contributed by atoms with Crippen LogP contribution in [0.15, 0.2) is 67.0 Å². The highest BCUT2D eigenvalue weighted by Crippen LogP contribution is 2.30.